The summed E-state index contributed by atoms with van der Waals surface area (Å²) in [5.41, 5.74) is 0.867. The molecule has 0 unspecified atom stereocenters. The van der Waals surface area contributed by atoms with E-state index in [1.807, 2.05) is 0 Å². The van der Waals surface area contributed by atoms with E-state index in [9.17, 15) is 4.79 Å². The van der Waals surface area contributed by atoms with Gasteiger partial charge >= 0.3 is 0 Å². The summed E-state index contributed by atoms with van der Waals surface area (Å²) in [7, 11) is 0. The van der Waals surface area contributed by atoms with Gasteiger partial charge in [-0.15, -0.1) is 0 Å². The van der Waals surface area contributed by atoms with Gasteiger partial charge in [-0.1, -0.05) is 29.3 Å². The van der Waals surface area contributed by atoms with Gasteiger partial charge in [0.2, 0.25) is 0 Å². The van der Waals surface area contributed by atoms with Gasteiger partial charge in [0, 0.05) is 56.9 Å². The molecule has 0 bridgehead atoms. The second-order valence-electron chi connectivity index (χ2n) is 3.60. The number of phenolic OH excluding ortho intramolecular Hbond substituents is 1. The van der Waals surface area contributed by atoms with Crippen molar-refractivity contribution < 1.29 is 9.90 Å². The van der Waals surface area contributed by atoms with Crippen molar-refractivity contribution in [3.05, 3.63) is 58.1 Å². The number of carbonyl (C=O) groups is 1. The van der Waals surface area contributed by atoms with Crippen LogP contribution in [0.1, 0.15) is 10.4 Å². The minimum Gasteiger partial charge on any atom is -0.508 e. The normalized spacial score (nSPS) is 9.58. The van der Waals surface area contributed by atoms with Crippen molar-refractivity contribution >= 4 is 86.2 Å². The smallest absolute Gasteiger partial charge is 0.255 e. The minimum absolute atomic E-state index is 0. The number of anilines is 1. The zero-order valence-corrected chi connectivity index (χ0v) is 14.8. The van der Waals surface area contributed by atoms with Gasteiger partial charge in [-0.2, -0.15) is 0 Å². The fraction of sp³-hybridized carbons (Fsp3) is 0. The maximum Gasteiger partial charge on any atom is 0.255 e. The average molecular weight is 321 g/mol. The molecular formula is C13H9Cl2KNO2. The number of halogens is 2. The summed E-state index contributed by atoms with van der Waals surface area (Å²) in [5.74, 6) is -0.216. The number of phenols is 1. The largest absolute Gasteiger partial charge is 0.508 e. The predicted octanol–water partition coefficient (Wildman–Crippen LogP) is 3.57. The van der Waals surface area contributed by atoms with E-state index in [0.29, 0.717) is 21.3 Å². The summed E-state index contributed by atoms with van der Waals surface area (Å²) in [5, 5.41) is 12.5. The Morgan fingerprint density at radius 1 is 1.05 bits per heavy atom. The Hall–Kier alpha value is -0.0736. The van der Waals surface area contributed by atoms with E-state index in [1.165, 1.54) is 24.3 Å². The maximum atomic E-state index is 11.9. The number of nitrogens with one attached hydrogen (secondary N) is 1. The van der Waals surface area contributed by atoms with E-state index in [0.717, 1.165) is 0 Å². The Labute approximate surface area is 163 Å². The molecule has 0 fully saturated rings. The molecule has 0 atom stereocenters. The monoisotopic (exact) mass is 320 g/mol. The zero-order valence-electron chi connectivity index (χ0n) is 10.2. The summed E-state index contributed by atoms with van der Waals surface area (Å²) in [6.45, 7) is 0. The van der Waals surface area contributed by atoms with E-state index in [-0.39, 0.29) is 63.0 Å². The molecule has 1 radical (unpaired) electrons. The first-order chi connectivity index (χ1) is 8.58. The molecule has 19 heavy (non-hydrogen) atoms. The van der Waals surface area contributed by atoms with E-state index in [1.54, 1.807) is 18.2 Å². The first-order valence-corrected chi connectivity index (χ1v) is 5.88. The number of amides is 1. The molecule has 0 aliphatic rings. The van der Waals surface area contributed by atoms with Crippen LogP contribution >= 0.6 is 23.2 Å². The van der Waals surface area contributed by atoms with Crippen LogP contribution in [0.15, 0.2) is 42.5 Å². The Morgan fingerprint density at radius 2 is 1.68 bits per heavy atom. The van der Waals surface area contributed by atoms with Gasteiger partial charge in [-0.3, -0.25) is 4.79 Å². The predicted molar refractivity (Wildman–Crippen MR) is 78.3 cm³/mol. The second kappa shape index (κ2) is 7.64. The first kappa shape index (κ1) is 17.0. The molecule has 2 rings (SSSR count). The standard InChI is InChI=1S/C13H9Cl2NO2.K/c14-10-2-1-3-11(12(10)15)16-13(18)8-4-6-9(17)7-5-8;/h1-7,17H,(H,16,18);. The molecule has 0 spiro atoms. The number of hydrogen-bond donors (Lipinski definition) is 2. The summed E-state index contributed by atoms with van der Waals surface area (Å²) in [6, 6.07) is 10.9. The molecular weight excluding hydrogens is 312 g/mol. The van der Waals surface area contributed by atoms with Gasteiger partial charge in [-0.25, -0.2) is 0 Å². The molecule has 2 aromatic rings. The minimum atomic E-state index is -0.320. The van der Waals surface area contributed by atoms with E-state index in [4.69, 9.17) is 28.3 Å². The molecule has 6 heteroatoms. The van der Waals surface area contributed by atoms with Crippen molar-refractivity contribution in [3.8, 4) is 5.75 Å². The van der Waals surface area contributed by atoms with Gasteiger partial charge in [-0.05, 0) is 36.4 Å². The first-order valence-electron chi connectivity index (χ1n) is 5.12. The van der Waals surface area contributed by atoms with Crippen LogP contribution in [0, 0.1) is 0 Å². The Balaban J connectivity index is 0.00000180. The Bertz CT molecular complexity index is 588. The van der Waals surface area contributed by atoms with E-state index < -0.39 is 0 Å². The van der Waals surface area contributed by atoms with Gasteiger partial charge in [0.15, 0.2) is 0 Å². The average Bonchev–Trinajstić information content (AvgIpc) is 2.36. The van der Waals surface area contributed by atoms with Crippen LogP contribution in [0.25, 0.3) is 0 Å². The molecule has 0 saturated heterocycles. The summed E-state index contributed by atoms with van der Waals surface area (Å²) >= 11 is 11.8. The Kier molecular flexibility index (Phi) is 6.83. The summed E-state index contributed by atoms with van der Waals surface area (Å²) < 4.78 is 0. The number of carbonyl (C=O) groups excluding carboxylic acids is 1. The van der Waals surface area contributed by atoms with Gasteiger partial charge in [0.1, 0.15) is 5.75 Å². The van der Waals surface area contributed by atoms with Crippen molar-refractivity contribution in [2.45, 2.75) is 0 Å². The van der Waals surface area contributed by atoms with Crippen molar-refractivity contribution in [3.63, 3.8) is 0 Å². The number of aromatic hydroxyl groups is 1. The molecule has 2 aromatic carbocycles. The molecule has 3 nitrogen and oxygen atoms in total. The van der Waals surface area contributed by atoms with Gasteiger partial charge in [0.25, 0.3) is 5.91 Å². The molecule has 1 amide bonds. The fourth-order valence-electron chi connectivity index (χ4n) is 1.41. The van der Waals surface area contributed by atoms with Crippen molar-refractivity contribution in [1.82, 2.24) is 0 Å². The van der Waals surface area contributed by atoms with Gasteiger partial charge < -0.3 is 10.4 Å². The molecule has 0 aromatic heterocycles. The van der Waals surface area contributed by atoms with Crippen LogP contribution in [-0.4, -0.2) is 62.4 Å². The molecule has 93 valence electrons. The number of hydrogen-bond acceptors (Lipinski definition) is 2. The number of rotatable bonds is 2. The molecule has 0 saturated carbocycles. The second-order valence-corrected chi connectivity index (χ2v) is 4.39. The summed E-state index contributed by atoms with van der Waals surface area (Å²) in [6.07, 6.45) is 0. The van der Waals surface area contributed by atoms with Crippen LogP contribution in [0.2, 0.25) is 10.0 Å². The van der Waals surface area contributed by atoms with Crippen molar-refractivity contribution in [2.24, 2.45) is 0 Å². The quantitative estimate of drug-likeness (QED) is 0.831. The maximum absolute atomic E-state index is 11.9. The molecule has 2 N–H and O–H groups in total. The van der Waals surface area contributed by atoms with Crippen molar-refractivity contribution in [1.29, 1.82) is 0 Å². The fourth-order valence-corrected chi connectivity index (χ4v) is 1.76. The molecule has 0 heterocycles. The number of benzene rings is 2. The van der Waals surface area contributed by atoms with E-state index in [2.05, 4.69) is 5.32 Å². The van der Waals surface area contributed by atoms with Crippen LogP contribution in [0.4, 0.5) is 5.69 Å². The SMILES string of the molecule is O=C(Nc1cccc(Cl)c1Cl)c1ccc(O)cc1.[K]. The van der Waals surface area contributed by atoms with Crippen molar-refractivity contribution in [2.75, 3.05) is 5.32 Å². The third kappa shape index (κ3) is 4.46. The topological polar surface area (TPSA) is 49.3 Å². The Morgan fingerprint density at radius 3 is 2.32 bits per heavy atom. The van der Waals surface area contributed by atoms with Crippen LogP contribution in [-0.2, 0) is 0 Å². The summed E-state index contributed by atoms with van der Waals surface area (Å²) in [4.78, 5) is 11.9. The van der Waals surface area contributed by atoms with Crippen LogP contribution in [0.3, 0.4) is 0 Å². The third-order valence-corrected chi connectivity index (χ3v) is 3.15. The molecule has 0 aliphatic heterocycles. The van der Waals surface area contributed by atoms with Crippen LogP contribution < -0.4 is 5.32 Å². The zero-order chi connectivity index (χ0) is 13.1. The van der Waals surface area contributed by atoms with E-state index >= 15 is 0 Å². The van der Waals surface area contributed by atoms with Crippen LogP contribution in [0.5, 0.6) is 5.75 Å². The van der Waals surface area contributed by atoms with Gasteiger partial charge in [0.05, 0.1) is 15.7 Å². The third-order valence-electron chi connectivity index (χ3n) is 2.33. The molecule has 0 aliphatic carbocycles.